The summed E-state index contributed by atoms with van der Waals surface area (Å²) >= 11 is 1.65. The number of hydrogen-bond donors (Lipinski definition) is 1. The number of hydrogen-bond acceptors (Lipinski definition) is 5. The molecule has 1 N–H and O–H groups in total. The van der Waals surface area contributed by atoms with Crippen molar-refractivity contribution in [2.75, 3.05) is 31.2 Å². The number of aromatic amines is 1. The number of fused-ring (bicyclic) bond motifs is 1. The van der Waals surface area contributed by atoms with Crippen LogP contribution in [0.4, 0.5) is 5.82 Å². The number of nitrogens with zero attached hydrogens (tertiary/aromatic N) is 3. The van der Waals surface area contributed by atoms with E-state index >= 15 is 0 Å². The van der Waals surface area contributed by atoms with Crippen molar-refractivity contribution < 1.29 is 4.74 Å². The zero-order valence-corrected chi connectivity index (χ0v) is 11.7. The average Bonchev–Trinajstić information content (AvgIpc) is 3.18. The van der Waals surface area contributed by atoms with E-state index in [2.05, 4.69) is 26.3 Å². The molecular formula is C14H14N4OS. The third-order valence-electron chi connectivity index (χ3n) is 3.45. The van der Waals surface area contributed by atoms with Gasteiger partial charge < -0.3 is 14.6 Å². The molecule has 0 amide bonds. The normalized spacial score (nSPS) is 15.9. The molecule has 0 spiro atoms. The first kappa shape index (κ1) is 11.9. The van der Waals surface area contributed by atoms with Crippen LogP contribution in [0.2, 0.25) is 0 Å². The van der Waals surface area contributed by atoms with Crippen LogP contribution in [0.3, 0.4) is 0 Å². The standard InChI is InChI=1S/C14H14N4OS/c1-2-11(15-4-1)12-16-13(18-5-7-19-8-6-18)10-3-9-20-14(10)17-12/h1-4,9,15H,5-8H2. The number of thiophene rings is 1. The Bertz CT molecular complexity index is 716. The van der Waals surface area contributed by atoms with Crippen LogP contribution in [-0.2, 0) is 4.74 Å². The summed E-state index contributed by atoms with van der Waals surface area (Å²) in [5.74, 6) is 1.77. The summed E-state index contributed by atoms with van der Waals surface area (Å²) in [5.41, 5.74) is 0.954. The molecule has 0 bridgehead atoms. The number of ether oxygens (including phenoxy) is 1. The summed E-state index contributed by atoms with van der Waals surface area (Å²) in [6.45, 7) is 3.28. The van der Waals surface area contributed by atoms with Crippen LogP contribution in [0.1, 0.15) is 0 Å². The first-order valence-corrected chi connectivity index (χ1v) is 7.51. The van der Waals surface area contributed by atoms with Gasteiger partial charge in [-0.1, -0.05) is 0 Å². The van der Waals surface area contributed by atoms with Gasteiger partial charge in [0.05, 0.1) is 24.3 Å². The highest BCUT2D eigenvalue weighted by atomic mass is 32.1. The van der Waals surface area contributed by atoms with Gasteiger partial charge in [-0.3, -0.25) is 0 Å². The molecule has 0 aliphatic carbocycles. The Kier molecular flexibility index (Phi) is 2.90. The Labute approximate surface area is 120 Å². The van der Waals surface area contributed by atoms with Gasteiger partial charge in [-0.2, -0.15) is 0 Å². The third-order valence-corrected chi connectivity index (χ3v) is 4.26. The van der Waals surface area contributed by atoms with Gasteiger partial charge in [0.1, 0.15) is 10.6 Å². The van der Waals surface area contributed by atoms with Gasteiger partial charge in [0.15, 0.2) is 5.82 Å². The summed E-state index contributed by atoms with van der Waals surface area (Å²) in [7, 11) is 0. The first-order chi connectivity index (χ1) is 9.92. The van der Waals surface area contributed by atoms with Crippen LogP contribution >= 0.6 is 11.3 Å². The quantitative estimate of drug-likeness (QED) is 0.786. The summed E-state index contributed by atoms with van der Waals surface area (Å²) in [5, 5.41) is 3.20. The molecule has 0 aromatic carbocycles. The highest BCUT2D eigenvalue weighted by Gasteiger charge is 2.18. The minimum atomic E-state index is 0.756. The van der Waals surface area contributed by atoms with Crippen molar-refractivity contribution in [3.05, 3.63) is 29.8 Å². The molecule has 4 heterocycles. The molecule has 0 radical (unpaired) electrons. The maximum atomic E-state index is 5.43. The maximum Gasteiger partial charge on any atom is 0.179 e. The van der Waals surface area contributed by atoms with Gasteiger partial charge in [0.25, 0.3) is 0 Å². The zero-order valence-electron chi connectivity index (χ0n) is 10.9. The topological polar surface area (TPSA) is 54.0 Å². The molecule has 1 saturated heterocycles. The smallest absolute Gasteiger partial charge is 0.179 e. The van der Waals surface area contributed by atoms with Crippen LogP contribution in [0.25, 0.3) is 21.7 Å². The summed E-state index contributed by atoms with van der Waals surface area (Å²) in [6, 6.07) is 6.06. The number of anilines is 1. The Balaban J connectivity index is 1.86. The second-order valence-corrected chi connectivity index (χ2v) is 5.59. The Hall–Kier alpha value is -1.92. The van der Waals surface area contributed by atoms with Gasteiger partial charge in [0, 0.05) is 19.3 Å². The fourth-order valence-corrected chi connectivity index (χ4v) is 3.20. The Morgan fingerprint density at radius 1 is 1.20 bits per heavy atom. The number of nitrogens with one attached hydrogen (secondary N) is 1. The van der Waals surface area contributed by atoms with E-state index < -0.39 is 0 Å². The molecule has 20 heavy (non-hydrogen) atoms. The van der Waals surface area contributed by atoms with Crippen molar-refractivity contribution in [2.45, 2.75) is 0 Å². The molecule has 1 fully saturated rings. The molecule has 0 saturated carbocycles. The fourth-order valence-electron chi connectivity index (χ4n) is 2.45. The van der Waals surface area contributed by atoms with Crippen LogP contribution in [0.15, 0.2) is 29.8 Å². The number of morpholine rings is 1. The molecule has 1 aliphatic rings. The first-order valence-electron chi connectivity index (χ1n) is 6.63. The number of rotatable bonds is 2. The van der Waals surface area contributed by atoms with Crippen molar-refractivity contribution in [2.24, 2.45) is 0 Å². The predicted molar refractivity (Wildman–Crippen MR) is 80.2 cm³/mol. The van der Waals surface area contributed by atoms with E-state index in [0.717, 1.165) is 53.9 Å². The summed E-state index contributed by atoms with van der Waals surface area (Å²) in [6.07, 6.45) is 1.89. The second kappa shape index (κ2) is 4.88. The van der Waals surface area contributed by atoms with Gasteiger partial charge in [-0.25, -0.2) is 9.97 Å². The largest absolute Gasteiger partial charge is 0.378 e. The lowest BCUT2D eigenvalue weighted by Crippen LogP contribution is -2.37. The highest BCUT2D eigenvalue weighted by Crippen LogP contribution is 2.30. The molecule has 1 aliphatic heterocycles. The van der Waals surface area contributed by atoms with Crippen molar-refractivity contribution in [3.63, 3.8) is 0 Å². The van der Waals surface area contributed by atoms with E-state index in [0.29, 0.717) is 0 Å². The minimum Gasteiger partial charge on any atom is -0.378 e. The van der Waals surface area contributed by atoms with Crippen LogP contribution in [-0.4, -0.2) is 41.3 Å². The lowest BCUT2D eigenvalue weighted by atomic mass is 10.3. The molecule has 3 aromatic rings. The average molecular weight is 286 g/mol. The maximum absolute atomic E-state index is 5.43. The van der Waals surface area contributed by atoms with Gasteiger partial charge in [-0.15, -0.1) is 11.3 Å². The Morgan fingerprint density at radius 2 is 2.10 bits per heavy atom. The van der Waals surface area contributed by atoms with Crippen LogP contribution in [0.5, 0.6) is 0 Å². The second-order valence-electron chi connectivity index (χ2n) is 4.69. The fraction of sp³-hybridized carbons (Fsp3) is 0.286. The third kappa shape index (κ3) is 1.97. The van der Waals surface area contributed by atoms with Gasteiger partial charge in [-0.05, 0) is 23.6 Å². The van der Waals surface area contributed by atoms with Crippen LogP contribution < -0.4 is 4.90 Å². The van der Waals surface area contributed by atoms with E-state index in [1.807, 2.05) is 18.3 Å². The van der Waals surface area contributed by atoms with Crippen molar-refractivity contribution in [3.8, 4) is 11.5 Å². The SMILES string of the molecule is c1c[nH]c(-c2nc(N3CCOCC3)c3ccsc3n2)c1. The van der Waals surface area contributed by atoms with Gasteiger partial charge >= 0.3 is 0 Å². The van der Waals surface area contributed by atoms with E-state index in [1.54, 1.807) is 11.3 Å². The molecule has 3 aromatic heterocycles. The lowest BCUT2D eigenvalue weighted by Gasteiger charge is -2.28. The van der Waals surface area contributed by atoms with E-state index in [1.165, 1.54) is 0 Å². The monoisotopic (exact) mass is 286 g/mol. The summed E-state index contributed by atoms with van der Waals surface area (Å²) < 4.78 is 5.43. The number of aromatic nitrogens is 3. The molecule has 6 heteroatoms. The highest BCUT2D eigenvalue weighted by molar-refractivity contribution is 7.16. The molecular weight excluding hydrogens is 272 g/mol. The van der Waals surface area contributed by atoms with Crippen molar-refractivity contribution in [1.29, 1.82) is 0 Å². The molecule has 102 valence electrons. The van der Waals surface area contributed by atoms with Crippen molar-refractivity contribution >= 4 is 27.4 Å². The molecule has 5 nitrogen and oxygen atoms in total. The molecule has 0 atom stereocenters. The molecule has 4 rings (SSSR count). The number of H-pyrrole nitrogens is 1. The minimum absolute atomic E-state index is 0.756. The van der Waals surface area contributed by atoms with E-state index in [4.69, 9.17) is 9.72 Å². The van der Waals surface area contributed by atoms with Gasteiger partial charge in [0.2, 0.25) is 0 Å². The van der Waals surface area contributed by atoms with Crippen molar-refractivity contribution in [1.82, 2.24) is 15.0 Å². The lowest BCUT2D eigenvalue weighted by molar-refractivity contribution is 0.122. The van der Waals surface area contributed by atoms with E-state index in [9.17, 15) is 0 Å². The van der Waals surface area contributed by atoms with E-state index in [-0.39, 0.29) is 0 Å². The summed E-state index contributed by atoms with van der Waals surface area (Å²) in [4.78, 5) is 15.9. The van der Waals surface area contributed by atoms with Crippen LogP contribution in [0, 0.1) is 0 Å². The molecule has 0 unspecified atom stereocenters. The Morgan fingerprint density at radius 3 is 2.90 bits per heavy atom. The zero-order chi connectivity index (χ0) is 13.4. The predicted octanol–water partition coefficient (Wildman–Crippen LogP) is 2.52.